The monoisotopic (exact) mass is 296 g/mol. The lowest BCUT2D eigenvalue weighted by atomic mass is 9.76. The number of nitrogens with one attached hydrogen (secondary N) is 2. The van der Waals surface area contributed by atoms with Crippen LogP contribution in [0.1, 0.15) is 24.0 Å². The SMILES string of the molecule is CNCC1CC2CC1C1=C(c3ccc(CN)cc3)NN=CC12. The number of fused-ring (bicyclic) bond motifs is 5. The van der Waals surface area contributed by atoms with Gasteiger partial charge in [-0.1, -0.05) is 24.3 Å². The highest BCUT2D eigenvalue weighted by Gasteiger charge is 2.50. The zero-order valence-corrected chi connectivity index (χ0v) is 13.0. The van der Waals surface area contributed by atoms with E-state index >= 15 is 0 Å². The van der Waals surface area contributed by atoms with Gasteiger partial charge in [0.05, 0.1) is 5.70 Å². The third-order valence-electron chi connectivity index (χ3n) is 5.64. The van der Waals surface area contributed by atoms with Crippen LogP contribution in [0.2, 0.25) is 0 Å². The van der Waals surface area contributed by atoms with Gasteiger partial charge in [-0.3, -0.25) is 5.43 Å². The Morgan fingerprint density at radius 1 is 1.27 bits per heavy atom. The fourth-order valence-electron chi connectivity index (χ4n) is 4.67. The molecular formula is C18H24N4. The molecule has 3 aliphatic rings. The molecule has 2 fully saturated rings. The minimum atomic E-state index is 0.545. The predicted molar refractivity (Wildman–Crippen MR) is 90.0 cm³/mol. The zero-order valence-electron chi connectivity index (χ0n) is 13.0. The van der Waals surface area contributed by atoms with Crippen molar-refractivity contribution in [2.45, 2.75) is 19.4 Å². The summed E-state index contributed by atoms with van der Waals surface area (Å²) in [5.41, 5.74) is 14.2. The van der Waals surface area contributed by atoms with E-state index in [1.807, 2.05) is 0 Å². The van der Waals surface area contributed by atoms with Gasteiger partial charge >= 0.3 is 0 Å². The first kappa shape index (κ1) is 14.0. The Balaban J connectivity index is 1.72. The third kappa shape index (κ3) is 2.09. The molecule has 4 nitrogen and oxygen atoms in total. The van der Waals surface area contributed by atoms with Gasteiger partial charge in [0.25, 0.3) is 0 Å². The fraction of sp³-hybridized carbons (Fsp3) is 0.500. The van der Waals surface area contributed by atoms with E-state index in [0.717, 1.165) is 18.4 Å². The molecule has 4 N–H and O–H groups in total. The number of nitrogens with zero attached hydrogens (tertiary/aromatic N) is 1. The molecule has 116 valence electrons. The second kappa shape index (κ2) is 5.52. The number of hydrogen-bond donors (Lipinski definition) is 3. The molecule has 22 heavy (non-hydrogen) atoms. The van der Waals surface area contributed by atoms with Gasteiger partial charge in [-0.25, -0.2) is 0 Å². The van der Waals surface area contributed by atoms with Crippen LogP contribution in [0.25, 0.3) is 5.70 Å². The molecule has 1 aromatic carbocycles. The van der Waals surface area contributed by atoms with E-state index in [2.05, 4.69) is 53.4 Å². The van der Waals surface area contributed by atoms with E-state index in [-0.39, 0.29) is 0 Å². The maximum absolute atomic E-state index is 5.71. The van der Waals surface area contributed by atoms with E-state index in [1.165, 1.54) is 29.7 Å². The summed E-state index contributed by atoms with van der Waals surface area (Å²) in [6, 6.07) is 8.59. The van der Waals surface area contributed by atoms with E-state index in [9.17, 15) is 0 Å². The van der Waals surface area contributed by atoms with Crippen LogP contribution in [-0.4, -0.2) is 19.8 Å². The van der Waals surface area contributed by atoms with E-state index < -0.39 is 0 Å². The van der Waals surface area contributed by atoms with Crippen LogP contribution >= 0.6 is 0 Å². The second-order valence-corrected chi connectivity index (χ2v) is 6.80. The molecule has 1 heterocycles. The van der Waals surface area contributed by atoms with Crippen molar-refractivity contribution in [1.29, 1.82) is 0 Å². The topological polar surface area (TPSA) is 62.4 Å². The second-order valence-electron chi connectivity index (χ2n) is 6.80. The molecule has 0 saturated heterocycles. The Morgan fingerprint density at radius 3 is 2.82 bits per heavy atom. The minimum Gasteiger partial charge on any atom is -0.326 e. The zero-order chi connectivity index (χ0) is 15.1. The Bertz CT molecular complexity index is 616. The smallest absolute Gasteiger partial charge is 0.0635 e. The van der Waals surface area contributed by atoms with E-state index in [0.29, 0.717) is 18.4 Å². The summed E-state index contributed by atoms with van der Waals surface area (Å²) in [6.07, 6.45) is 4.79. The van der Waals surface area contributed by atoms with Gasteiger partial charge in [0.15, 0.2) is 0 Å². The van der Waals surface area contributed by atoms with Crippen LogP contribution < -0.4 is 16.5 Å². The van der Waals surface area contributed by atoms with Gasteiger partial charge < -0.3 is 11.1 Å². The van der Waals surface area contributed by atoms with Crippen molar-refractivity contribution in [2.24, 2.45) is 34.5 Å². The molecule has 0 amide bonds. The number of rotatable bonds is 4. The van der Waals surface area contributed by atoms with Crippen molar-refractivity contribution in [3.63, 3.8) is 0 Å². The van der Waals surface area contributed by atoms with Crippen LogP contribution in [0.4, 0.5) is 0 Å². The third-order valence-corrected chi connectivity index (χ3v) is 5.64. The van der Waals surface area contributed by atoms with Crippen LogP contribution in [0.3, 0.4) is 0 Å². The Morgan fingerprint density at radius 2 is 2.09 bits per heavy atom. The summed E-state index contributed by atoms with van der Waals surface area (Å²) in [5, 5.41) is 7.81. The average Bonchev–Trinajstić information content (AvgIpc) is 3.14. The van der Waals surface area contributed by atoms with Crippen molar-refractivity contribution in [1.82, 2.24) is 10.7 Å². The lowest BCUT2D eigenvalue weighted by Crippen LogP contribution is -2.32. The molecule has 0 aromatic heterocycles. The molecular weight excluding hydrogens is 272 g/mol. The molecule has 4 heteroatoms. The first-order valence-corrected chi connectivity index (χ1v) is 8.29. The van der Waals surface area contributed by atoms with Crippen LogP contribution in [-0.2, 0) is 6.54 Å². The molecule has 4 unspecified atom stereocenters. The molecule has 4 rings (SSSR count). The van der Waals surface area contributed by atoms with Gasteiger partial charge in [-0.2, -0.15) is 5.10 Å². The van der Waals surface area contributed by atoms with Crippen LogP contribution in [0, 0.1) is 23.7 Å². The number of benzene rings is 1. The maximum atomic E-state index is 5.71. The van der Waals surface area contributed by atoms with Crippen LogP contribution in [0.15, 0.2) is 34.9 Å². The molecule has 1 aromatic rings. The average molecular weight is 296 g/mol. The molecule has 4 atom stereocenters. The van der Waals surface area contributed by atoms with Gasteiger partial charge in [-0.05, 0) is 60.9 Å². The highest BCUT2D eigenvalue weighted by molar-refractivity contribution is 5.80. The van der Waals surface area contributed by atoms with Crippen molar-refractivity contribution >= 4 is 11.9 Å². The molecule has 0 radical (unpaired) electrons. The number of allylic oxidation sites excluding steroid dienone is 1. The summed E-state index contributed by atoms with van der Waals surface area (Å²) < 4.78 is 0. The molecule has 2 aliphatic carbocycles. The fourth-order valence-corrected chi connectivity index (χ4v) is 4.67. The molecule has 0 spiro atoms. The van der Waals surface area contributed by atoms with E-state index in [4.69, 9.17) is 5.73 Å². The van der Waals surface area contributed by atoms with Crippen molar-refractivity contribution in [3.05, 3.63) is 41.0 Å². The van der Waals surface area contributed by atoms with Crippen LogP contribution in [0.5, 0.6) is 0 Å². The quantitative estimate of drug-likeness (QED) is 0.795. The van der Waals surface area contributed by atoms with Crippen molar-refractivity contribution in [3.8, 4) is 0 Å². The highest BCUT2D eigenvalue weighted by Crippen LogP contribution is 2.56. The van der Waals surface area contributed by atoms with Gasteiger partial charge in [0, 0.05) is 18.7 Å². The first-order chi connectivity index (χ1) is 10.8. The highest BCUT2D eigenvalue weighted by atomic mass is 15.3. The predicted octanol–water partition coefficient (Wildman–Crippen LogP) is 1.94. The number of nitrogens with two attached hydrogens (primary N) is 1. The van der Waals surface area contributed by atoms with Gasteiger partial charge in [0.1, 0.15) is 0 Å². The first-order valence-electron chi connectivity index (χ1n) is 8.29. The normalized spacial score (nSPS) is 32.3. The molecule has 2 saturated carbocycles. The lowest BCUT2D eigenvalue weighted by Gasteiger charge is -2.33. The maximum Gasteiger partial charge on any atom is 0.0635 e. The minimum absolute atomic E-state index is 0.545. The summed E-state index contributed by atoms with van der Waals surface area (Å²) in [6.45, 7) is 1.71. The van der Waals surface area contributed by atoms with Gasteiger partial charge in [0.2, 0.25) is 0 Å². The molecule has 1 aliphatic heterocycles. The lowest BCUT2D eigenvalue weighted by molar-refractivity contribution is 0.362. The summed E-state index contributed by atoms with van der Waals surface area (Å²) in [4.78, 5) is 0. The van der Waals surface area contributed by atoms with Crippen molar-refractivity contribution in [2.75, 3.05) is 13.6 Å². The Kier molecular flexibility index (Phi) is 3.51. The van der Waals surface area contributed by atoms with Gasteiger partial charge in [-0.15, -0.1) is 0 Å². The summed E-state index contributed by atoms with van der Waals surface area (Å²) in [5.74, 6) is 2.80. The Labute approximate surface area is 131 Å². The number of hydrogen-bond acceptors (Lipinski definition) is 4. The Hall–Kier alpha value is -1.65. The van der Waals surface area contributed by atoms with Crippen molar-refractivity contribution < 1.29 is 0 Å². The summed E-state index contributed by atoms with van der Waals surface area (Å²) >= 11 is 0. The van der Waals surface area contributed by atoms with E-state index in [1.54, 1.807) is 5.57 Å². The summed E-state index contributed by atoms with van der Waals surface area (Å²) in [7, 11) is 2.06. The number of hydrazone groups is 1. The standard InChI is InChI=1S/C18H24N4/c1-20-9-14-6-13-7-15(14)17-16(13)10-21-22-18(17)12-4-2-11(8-19)3-5-12/h2-5,10,13-16,20,22H,6-9,19H2,1H3. The molecule has 2 bridgehead atoms. The largest absolute Gasteiger partial charge is 0.326 e.